The van der Waals surface area contributed by atoms with E-state index in [0.717, 1.165) is 23.5 Å². The van der Waals surface area contributed by atoms with Gasteiger partial charge in [-0.05, 0) is 42.8 Å². The van der Waals surface area contributed by atoms with Crippen LogP contribution in [-0.4, -0.2) is 51.8 Å². The third-order valence-corrected chi connectivity index (χ3v) is 5.80. The summed E-state index contributed by atoms with van der Waals surface area (Å²) in [5.41, 5.74) is 12.6. The second-order valence-corrected chi connectivity index (χ2v) is 8.77. The van der Waals surface area contributed by atoms with E-state index in [4.69, 9.17) is 11.5 Å². The predicted octanol–water partition coefficient (Wildman–Crippen LogP) is 1.86. The largest absolute Gasteiger partial charge is 0.396 e. The van der Waals surface area contributed by atoms with Crippen molar-refractivity contribution in [3.8, 4) is 0 Å². The standard InChI is InChI=1S/C22H31N5O4S/c1-13(2)9-10-25-21(30)18(15-7-5-14(3)6-8-15)27(11-4-12-28)22(31)19-16(23)17(20(24)29)26-32-19/h5-8,13,18,28H,4,9-12,23H2,1-3H3,(H2,24,29)(H,25,30). The van der Waals surface area contributed by atoms with Crippen molar-refractivity contribution in [3.05, 3.63) is 46.0 Å². The molecule has 0 spiro atoms. The van der Waals surface area contributed by atoms with Crippen molar-refractivity contribution in [1.29, 1.82) is 0 Å². The van der Waals surface area contributed by atoms with E-state index in [-0.39, 0.29) is 41.7 Å². The van der Waals surface area contributed by atoms with Crippen LogP contribution < -0.4 is 16.8 Å². The van der Waals surface area contributed by atoms with Gasteiger partial charge in [-0.25, -0.2) is 0 Å². The molecule has 0 aliphatic carbocycles. The number of aromatic nitrogens is 1. The predicted molar refractivity (Wildman–Crippen MR) is 124 cm³/mol. The molecule has 1 atom stereocenters. The minimum atomic E-state index is -0.944. The number of nitrogens with one attached hydrogen (secondary N) is 1. The fraction of sp³-hybridized carbons (Fsp3) is 0.455. The summed E-state index contributed by atoms with van der Waals surface area (Å²) in [5, 5.41) is 12.3. The van der Waals surface area contributed by atoms with Gasteiger partial charge in [0, 0.05) is 19.7 Å². The minimum Gasteiger partial charge on any atom is -0.396 e. The first-order valence-corrected chi connectivity index (χ1v) is 11.3. The molecular weight excluding hydrogens is 430 g/mol. The smallest absolute Gasteiger partial charge is 0.270 e. The normalized spacial score (nSPS) is 11.9. The lowest BCUT2D eigenvalue weighted by Gasteiger charge is -2.31. The molecule has 6 N–H and O–H groups in total. The van der Waals surface area contributed by atoms with E-state index < -0.39 is 17.9 Å². The Kier molecular flexibility index (Phi) is 9.15. The first-order chi connectivity index (χ1) is 15.2. The number of hydrogen-bond acceptors (Lipinski definition) is 7. The molecule has 32 heavy (non-hydrogen) atoms. The van der Waals surface area contributed by atoms with Gasteiger partial charge in [0.1, 0.15) is 10.9 Å². The van der Waals surface area contributed by atoms with Crippen molar-refractivity contribution in [2.45, 2.75) is 39.7 Å². The molecule has 0 aliphatic heterocycles. The van der Waals surface area contributed by atoms with E-state index in [1.807, 2.05) is 19.1 Å². The Morgan fingerprint density at radius 3 is 2.41 bits per heavy atom. The van der Waals surface area contributed by atoms with Crippen LogP contribution in [0.4, 0.5) is 5.69 Å². The van der Waals surface area contributed by atoms with Gasteiger partial charge in [-0.15, -0.1) is 0 Å². The molecule has 2 aromatic rings. The topological polar surface area (TPSA) is 152 Å². The molecule has 1 heterocycles. The Morgan fingerprint density at radius 1 is 1.22 bits per heavy atom. The summed E-state index contributed by atoms with van der Waals surface area (Å²) in [6.07, 6.45) is 1.05. The maximum Gasteiger partial charge on any atom is 0.270 e. The number of nitrogens with two attached hydrogens (primary N) is 2. The monoisotopic (exact) mass is 461 g/mol. The molecular formula is C22H31N5O4S. The van der Waals surface area contributed by atoms with Crippen molar-refractivity contribution in [1.82, 2.24) is 14.6 Å². The lowest BCUT2D eigenvalue weighted by atomic mass is 10.0. The van der Waals surface area contributed by atoms with Gasteiger partial charge in [-0.3, -0.25) is 14.4 Å². The number of benzene rings is 1. The highest BCUT2D eigenvalue weighted by molar-refractivity contribution is 7.09. The van der Waals surface area contributed by atoms with E-state index in [9.17, 15) is 19.5 Å². The van der Waals surface area contributed by atoms with Crippen molar-refractivity contribution in [3.63, 3.8) is 0 Å². The lowest BCUT2D eigenvalue weighted by molar-refractivity contribution is -0.126. The first-order valence-electron chi connectivity index (χ1n) is 10.5. The number of nitrogens with zero attached hydrogens (tertiary/aromatic N) is 2. The maximum absolute atomic E-state index is 13.5. The summed E-state index contributed by atoms with van der Waals surface area (Å²) >= 11 is 0.762. The Hall–Kier alpha value is -2.98. The van der Waals surface area contributed by atoms with Crippen LogP contribution in [-0.2, 0) is 4.79 Å². The molecule has 0 fully saturated rings. The number of carbonyl (C=O) groups excluding carboxylic acids is 3. The van der Waals surface area contributed by atoms with E-state index in [2.05, 4.69) is 23.5 Å². The molecule has 0 saturated heterocycles. The van der Waals surface area contributed by atoms with Crippen LogP contribution in [0.5, 0.6) is 0 Å². The number of hydrogen-bond donors (Lipinski definition) is 4. The molecule has 1 aromatic carbocycles. The maximum atomic E-state index is 13.5. The Bertz CT molecular complexity index is 942. The van der Waals surface area contributed by atoms with Crippen molar-refractivity contribution < 1.29 is 19.5 Å². The first kappa shape index (κ1) is 25.3. The van der Waals surface area contributed by atoms with Gasteiger partial charge in [0.25, 0.3) is 11.8 Å². The lowest BCUT2D eigenvalue weighted by Crippen LogP contribution is -2.44. The van der Waals surface area contributed by atoms with Crippen molar-refractivity contribution in [2.24, 2.45) is 11.7 Å². The molecule has 0 bridgehead atoms. The van der Waals surface area contributed by atoms with E-state index in [0.29, 0.717) is 18.0 Å². The number of aliphatic hydroxyl groups is 1. The van der Waals surface area contributed by atoms with Crippen molar-refractivity contribution >= 4 is 34.9 Å². The molecule has 9 nitrogen and oxygen atoms in total. The van der Waals surface area contributed by atoms with E-state index in [1.54, 1.807) is 12.1 Å². The number of primary amides is 1. The average molecular weight is 462 g/mol. The number of aliphatic hydroxyl groups excluding tert-OH is 1. The van der Waals surface area contributed by atoms with E-state index in [1.165, 1.54) is 4.90 Å². The summed E-state index contributed by atoms with van der Waals surface area (Å²) in [6.45, 7) is 6.46. The highest BCUT2D eigenvalue weighted by Crippen LogP contribution is 2.29. The average Bonchev–Trinajstić information content (AvgIpc) is 3.12. The zero-order chi connectivity index (χ0) is 23.8. The number of nitrogen functional groups attached to an aromatic ring is 1. The van der Waals surface area contributed by atoms with Gasteiger partial charge < -0.3 is 26.8 Å². The van der Waals surface area contributed by atoms with Crippen LogP contribution in [0, 0.1) is 12.8 Å². The molecule has 174 valence electrons. The zero-order valence-electron chi connectivity index (χ0n) is 18.6. The highest BCUT2D eigenvalue weighted by atomic mass is 32.1. The molecule has 3 amide bonds. The molecule has 0 aliphatic rings. The second kappa shape index (κ2) is 11.6. The van der Waals surface area contributed by atoms with Gasteiger partial charge >= 0.3 is 0 Å². The Morgan fingerprint density at radius 2 is 1.88 bits per heavy atom. The van der Waals surface area contributed by atoms with Gasteiger partial charge in [0.2, 0.25) is 5.91 Å². The van der Waals surface area contributed by atoms with Crippen LogP contribution in [0.25, 0.3) is 0 Å². The zero-order valence-corrected chi connectivity index (χ0v) is 19.4. The molecule has 2 rings (SSSR count). The number of rotatable bonds is 11. The fourth-order valence-electron chi connectivity index (χ4n) is 3.15. The van der Waals surface area contributed by atoms with Crippen LogP contribution in [0.2, 0.25) is 0 Å². The Balaban J connectivity index is 2.47. The van der Waals surface area contributed by atoms with Gasteiger partial charge in [0.05, 0.1) is 5.69 Å². The van der Waals surface area contributed by atoms with Crippen LogP contribution in [0.3, 0.4) is 0 Å². The minimum absolute atomic E-state index is 0.0313. The highest BCUT2D eigenvalue weighted by Gasteiger charge is 2.34. The van der Waals surface area contributed by atoms with Crippen LogP contribution in [0.15, 0.2) is 24.3 Å². The van der Waals surface area contributed by atoms with Gasteiger partial charge in [-0.1, -0.05) is 43.7 Å². The molecule has 0 radical (unpaired) electrons. The summed E-state index contributed by atoms with van der Waals surface area (Å²) in [7, 11) is 0. The third kappa shape index (κ3) is 6.27. The SMILES string of the molecule is Cc1ccc(C(C(=O)NCCC(C)C)N(CCCO)C(=O)c2snc(C(N)=O)c2N)cc1. The number of carbonyl (C=O) groups is 3. The summed E-state index contributed by atoms with van der Waals surface area (Å²) in [4.78, 5) is 39.7. The van der Waals surface area contributed by atoms with Gasteiger partial charge in [-0.2, -0.15) is 4.37 Å². The number of aryl methyl sites for hydroxylation is 1. The quantitative estimate of drug-likeness (QED) is 0.401. The second-order valence-electron chi connectivity index (χ2n) is 8.00. The summed E-state index contributed by atoms with van der Waals surface area (Å²) in [6, 6.07) is 6.38. The Labute approximate surface area is 192 Å². The number of amides is 3. The van der Waals surface area contributed by atoms with Crippen LogP contribution >= 0.6 is 11.5 Å². The molecule has 10 heteroatoms. The molecule has 0 saturated carbocycles. The molecule has 1 aromatic heterocycles. The molecule has 1 unspecified atom stereocenters. The third-order valence-electron chi connectivity index (χ3n) is 4.95. The summed E-state index contributed by atoms with van der Waals surface area (Å²) in [5.74, 6) is -1.31. The fourth-order valence-corrected chi connectivity index (χ4v) is 3.91. The number of anilines is 1. The van der Waals surface area contributed by atoms with Crippen LogP contribution in [0.1, 0.15) is 64.0 Å². The van der Waals surface area contributed by atoms with Crippen molar-refractivity contribution in [2.75, 3.05) is 25.4 Å². The van der Waals surface area contributed by atoms with E-state index >= 15 is 0 Å². The van der Waals surface area contributed by atoms with Gasteiger partial charge in [0.15, 0.2) is 5.69 Å². The summed E-state index contributed by atoms with van der Waals surface area (Å²) < 4.78 is 3.90.